The van der Waals surface area contributed by atoms with Crippen LogP contribution in [0.25, 0.3) is 0 Å². The number of nitriles is 1. The summed E-state index contributed by atoms with van der Waals surface area (Å²) in [4.78, 5) is 25.1. The molecule has 0 bridgehead atoms. The molecule has 1 aromatic carbocycles. The zero-order valence-electron chi connectivity index (χ0n) is 16.7. The number of thiophene rings is 1. The first-order valence-corrected chi connectivity index (χ1v) is 11.3. The van der Waals surface area contributed by atoms with Crippen molar-refractivity contribution in [3.05, 3.63) is 49.9 Å². The average Bonchev–Trinajstić information content (AvgIpc) is 3.11. The zero-order valence-corrected chi connectivity index (χ0v) is 17.5. The molecule has 0 atom stereocenters. The summed E-state index contributed by atoms with van der Waals surface area (Å²) < 4.78 is 0. The van der Waals surface area contributed by atoms with Gasteiger partial charge < -0.3 is 10.6 Å². The highest BCUT2D eigenvalue weighted by Gasteiger charge is 2.24. The molecule has 30 heavy (non-hydrogen) atoms. The fraction of sp³-hybridized carbons (Fsp3) is 0.455. The largest absolute Gasteiger partial charge is 0.377 e. The SMILES string of the molecule is N#Cc1c(NC(=O)c2ccc(NC3CCCCC3)c([N+](=O)[O-])c2)sc2c1CCCC2. The quantitative estimate of drug-likeness (QED) is 0.493. The van der Waals surface area contributed by atoms with Gasteiger partial charge in [0.1, 0.15) is 16.8 Å². The third-order valence-electron chi connectivity index (χ3n) is 5.93. The van der Waals surface area contributed by atoms with Crippen molar-refractivity contribution in [2.75, 3.05) is 10.6 Å². The number of nitrogens with one attached hydrogen (secondary N) is 2. The molecule has 0 unspecified atom stereocenters. The van der Waals surface area contributed by atoms with Gasteiger partial charge in [0.2, 0.25) is 0 Å². The van der Waals surface area contributed by atoms with E-state index in [0.29, 0.717) is 16.3 Å². The number of nitro benzene ring substituents is 1. The van der Waals surface area contributed by atoms with Crippen molar-refractivity contribution in [1.29, 1.82) is 5.26 Å². The highest BCUT2D eigenvalue weighted by atomic mass is 32.1. The third kappa shape index (κ3) is 4.17. The summed E-state index contributed by atoms with van der Waals surface area (Å²) in [5.74, 6) is -0.433. The predicted octanol–water partition coefficient (Wildman–Crippen LogP) is 5.40. The summed E-state index contributed by atoms with van der Waals surface area (Å²) in [7, 11) is 0. The first-order chi connectivity index (χ1) is 14.6. The van der Waals surface area contributed by atoms with Gasteiger partial charge in [0.05, 0.1) is 10.5 Å². The maximum absolute atomic E-state index is 12.8. The molecule has 0 radical (unpaired) electrons. The molecule has 0 spiro atoms. The number of carbonyl (C=O) groups excluding carboxylic acids is 1. The summed E-state index contributed by atoms with van der Waals surface area (Å²) >= 11 is 1.45. The number of amides is 1. The molecule has 1 aromatic heterocycles. The molecule has 2 aliphatic carbocycles. The lowest BCUT2D eigenvalue weighted by molar-refractivity contribution is -0.384. The molecule has 4 rings (SSSR count). The van der Waals surface area contributed by atoms with Crippen LogP contribution in [0.3, 0.4) is 0 Å². The molecule has 2 aliphatic rings. The Morgan fingerprint density at radius 2 is 1.93 bits per heavy atom. The van der Waals surface area contributed by atoms with Crippen LogP contribution in [0, 0.1) is 21.4 Å². The number of nitro groups is 1. The summed E-state index contributed by atoms with van der Waals surface area (Å²) in [5, 5.41) is 27.8. The van der Waals surface area contributed by atoms with Crippen LogP contribution in [0.1, 0.15) is 71.3 Å². The van der Waals surface area contributed by atoms with E-state index in [1.807, 2.05) is 0 Å². The second-order valence-electron chi connectivity index (χ2n) is 7.95. The lowest BCUT2D eigenvalue weighted by Crippen LogP contribution is -2.23. The molecule has 1 heterocycles. The molecule has 0 aliphatic heterocycles. The molecule has 1 fully saturated rings. The second kappa shape index (κ2) is 8.84. The van der Waals surface area contributed by atoms with Gasteiger partial charge in [0, 0.05) is 22.5 Å². The number of hydrogen-bond acceptors (Lipinski definition) is 6. The molecular formula is C22H24N4O3S. The summed E-state index contributed by atoms with van der Waals surface area (Å²) in [6.45, 7) is 0. The van der Waals surface area contributed by atoms with Crippen LogP contribution in [-0.2, 0) is 12.8 Å². The van der Waals surface area contributed by atoms with Crippen molar-refractivity contribution in [2.24, 2.45) is 0 Å². The Kier molecular flexibility index (Phi) is 6.00. The Morgan fingerprint density at radius 3 is 2.67 bits per heavy atom. The third-order valence-corrected chi connectivity index (χ3v) is 7.14. The van der Waals surface area contributed by atoms with Crippen LogP contribution < -0.4 is 10.6 Å². The fourth-order valence-electron chi connectivity index (χ4n) is 4.36. The second-order valence-corrected chi connectivity index (χ2v) is 9.05. The summed E-state index contributed by atoms with van der Waals surface area (Å²) in [5.41, 5.74) is 2.15. The summed E-state index contributed by atoms with van der Waals surface area (Å²) in [6.07, 6.45) is 9.38. The Labute approximate surface area is 179 Å². The maximum atomic E-state index is 12.8. The van der Waals surface area contributed by atoms with Gasteiger partial charge in [-0.25, -0.2) is 0 Å². The van der Waals surface area contributed by atoms with E-state index in [4.69, 9.17) is 0 Å². The number of fused-ring (bicyclic) bond motifs is 1. The average molecular weight is 425 g/mol. The van der Waals surface area contributed by atoms with E-state index in [2.05, 4.69) is 16.7 Å². The number of benzene rings is 1. The van der Waals surface area contributed by atoms with Crippen LogP contribution in [0.15, 0.2) is 18.2 Å². The van der Waals surface area contributed by atoms with Gasteiger partial charge in [-0.05, 0) is 56.2 Å². The van der Waals surface area contributed by atoms with Gasteiger partial charge in [-0.15, -0.1) is 11.3 Å². The number of nitrogens with zero attached hydrogens (tertiary/aromatic N) is 2. The molecular weight excluding hydrogens is 400 g/mol. The number of carbonyl (C=O) groups is 1. The smallest absolute Gasteiger partial charge is 0.293 e. The molecule has 2 aromatic rings. The van der Waals surface area contributed by atoms with Crippen LogP contribution in [0.2, 0.25) is 0 Å². The first-order valence-electron chi connectivity index (χ1n) is 10.5. The van der Waals surface area contributed by atoms with Gasteiger partial charge in [-0.3, -0.25) is 14.9 Å². The van der Waals surface area contributed by atoms with Crippen molar-refractivity contribution >= 4 is 33.6 Å². The van der Waals surface area contributed by atoms with Gasteiger partial charge in [0.25, 0.3) is 11.6 Å². The Balaban J connectivity index is 1.56. The van der Waals surface area contributed by atoms with Crippen LogP contribution >= 0.6 is 11.3 Å². The molecule has 7 nitrogen and oxygen atoms in total. The van der Waals surface area contributed by atoms with Crippen LogP contribution in [0.4, 0.5) is 16.4 Å². The number of anilines is 2. The van der Waals surface area contributed by atoms with Crippen LogP contribution in [0.5, 0.6) is 0 Å². The molecule has 0 saturated heterocycles. The number of aryl methyl sites for hydroxylation is 1. The molecule has 8 heteroatoms. The van der Waals surface area contributed by atoms with Gasteiger partial charge >= 0.3 is 0 Å². The van der Waals surface area contributed by atoms with Crippen molar-refractivity contribution in [3.63, 3.8) is 0 Å². The first kappa shape index (κ1) is 20.4. The van der Waals surface area contributed by atoms with E-state index in [0.717, 1.165) is 61.8 Å². The fourth-order valence-corrected chi connectivity index (χ4v) is 5.60. The Hall–Kier alpha value is -2.92. The van der Waals surface area contributed by atoms with E-state index >= 15 is 0 Å². The predicted molar refractivity (Wildman–Crippen MR) is 117 cm³/mol. The minimum atomic E-state index is -0.452. The van der Waals surface area contributed by atoms with Crippen LogP contribution in [-0.4, -0.2) is 16.9 Å². The minimum Gasteiger partial charge on any atom is -0.377 e. The van der Waals surface area contributed by atoms with E-state index < -0.39 is 10.8 Å². The lowest BCUT2D eigenvalue weighted by atomic mass is 9.95. The lowest BCUT2D eigenvalue weighted by Gasteiger charge is -2.23. The maximum Gasteiger partial charge on any atom is 0.293 e. The standard InChI is InChI=1S/C22H24N4O3S/c23-13-17-16-8-4-5-9-20(16)30-22(17)25-21(27)14-10-11-18(19(12-14)26(28)29)24-15-6-2-1-3-7-15/h10-12,15,24H,1-9H2,(H,25,27). The van der Waals surface area contributed by atoms with Crippen molar-refractivity contribution in [1.82, 2.24) is 0 Å². The number of rotatable bonds is 5. The van der Waals surface area contributed by atoms with Gasteiger partial charge in [-0.2, -0.15) is 5.26 Å². The van der Waals surface area contributed by atoms with Crippen molar-refractivity contribution in [2.45, 2.75) is 63.8 Å². The van der Waals surface area contributed by atoms with E-state index in [1.54, 1.807) is 12.1 Å². The Morgan fingerprint density at radius 1 is 1.17 bits per heavy atom. The Bertz CT molecular complexity index is 1020. The molecule has 1 saturated carbocycles. The zero-order chi connectivity index (χ0) is 21.1. The van der Waals surface area contributed by atoms with E-state index in [9.17, 15) is 20.2 Å². The normalized spacial score (nSPS) is 16.4. The van der Waals surface area contributed by atoms with Crippen molar-refractivity contribution < 1.29 is 9.72 Å². The van der Waals surface area contributed by atoms with E-state index in [-0.39, 0.29) is 17.3 Å². The summed E-state index contributed by atoms with van der Waals surface area (Å²) in [6, 6.07) is 6.99. The van der Waals surface area contributed by atoms with Gasteiger partial charge in [0.15, 0.2) is 0 Å². The minimum absolute atomic E-state index is 0.0980. The highest BCUT2D eigenvalue weighted by molar-refractivity contribution is 7.16. The van der Waals surface area contributed by atoms with Gasteiger partial charge in [-0.1, -0.05) is 19.3 Å². The monoisotopic (exact) mass is 424 g/mol. The molecule has 1 amide bonds. The highest BCUT2D eigenvalue weighted by Crippen LogP contribution is 2.38. The molecule has 156 valence electrons. The van der Waals surface area contributed by atoms with Crippen molar-refractivity contribution in [3.8, 4) is 6.07 Å². The number of hydrogen-bond donors (Lipinski definition) is 2. The van der Waals surface area contributed by atoms with E-state index in [1.165, 1.54) is 23.8 Å². The molecule has 2 N–H and O–H groups in total. The topological polar surface area (TPSA) is 108 Å².